The largest absolute Gasteiger partial charge is 0.467 e. The van der Waals surface area contributed by atoms with Gasteiger partial charge in [0.2, 0.25) is 0 Å². The quantitative estimate of drug-likeness (QED) is 0.633. The lowest BCUT2D eigenvalue weighted by molar-refractivity contribution is -0.143. The van der Waals surface area contributed by atoms with Crippen LogP contribution in [0.5, 0.6) is 0 Å². The van der Waals surface area contributed by atoms with Crippen molar-refractivity contribution in [2.24, 2.45) is 5.92 Å². The zero-order valence-electron chi connectivity index (χ0n) is 13.5. The van der Waals surface area contributed by atoms with Gasteiger partial charge in [-0.1, -0.05) is 31.7 Å². The molecule has 5 heteroatoms. The van der Waals surface area contributed by atoms with Crippen molar-refractivity contribution in [3.05, 3.63) is 29.3 Å². The van der Waals surface area contributed by atoms with Crippen LogP contribution in [0.25, 0.3) is 0 Å². The van der Waals surface area contributed by atoms with Crippen LogP contribution < -0.4 is 4.90 Å². The Bertz CT molecular complexity index is 661. The highest BCUT2D eigenvalue weighted by Gasteiger charge is 2.43. The van der Waals surface area contributed by atoms with Crippen molar-refractivity contribution in [2.45, 2.75) is 45.1 Å². The molecule has 122 valence electrons. The maximum absolute atomic E-state index is 12.5. The van der Waals surface area contributed by atoms with Gasteiger partial charge in [0.25, 0.3) is 11.7 Å². The first kappa shape index (κ1) is 15.7. The molecule has 1 heterocycles. The number of anilines is 1. The van der Waals surface area contributed by atoms with E-state index in [2.05, 4.69) is 0 Å². The number of hydrogen-bond donors (Lipinski definition) is 0. The number of methoxy groups -OCH3 is 1. The van der Waals surface area contributed by atoms with Gasteiger partial charge in [-0.05, 0) is 37.0 Å². The molecule has 0 aromatic heterocycles. The second-order valence-corrected chi connectivity index (χ2v) is 6.45. The standard InChI is InChI=1S/C18H21NO4/c1-11-7-8-13-14(9-11)19(17(21)16(13)20)15(18(22)23-2)10-12-5-3-4-6-12/h7-9,12,15H,3-6,10H2,1-2H3. The number of carbonyl (C=O) groups excluding carboxylic acids is 3. The number of aryl methyl sites for hydroxylation is 1. The van der Waals surface area contributed by atoms with Crippen LogP contribution >= 0.6 is 0 Å². The van der Waals surface area contributed by atoms with Gasteiger partial charge in [-0.2, -0.15) is 0 Å². The Labute approximate surface area is 135 Å². The van der Waals surface area contributed by atoms with Gasteiger partial charge in [0.1, 0.15) is 6.04 Å². The van der Waals surface area contributed by atoms with E-state index in [0.29, 0.717) is 23.6 Å². The summed E-state index contributed by atoms with van der Waals surface area (Å²) < 4.78 is 4.92. The highest BCUT2D eigenvalue weighted by Crippen LogP contribution is 2.36. The number of fused-ring (bicyclic) bond motifs is 1. The molecule has 0 spiro atoms. The lowest BCUT2D eigenvalue weighted by Crippen LogP contribution is -2.46. The van der Waals surface area contributed by atoms with Crippen molar-refractivity contribution >= 4 is 23.3 Å². The summed E-state index contributed by atoms with van der Waals surface area (Å²) in [6, 6.07) is 4.54. The average molecular weight is 315 g/mol. The number of benzene rings is 1. The molecule has 0 bridgehead atoms. The molecule has 1 saturated carbocycles. The normalized spacial score (nSPS) is 19.1. The number of Topliss-reactive ketones (excluding diaryl/α,β-unsaturated/α-hetero) is 1. The fraction of sp³-hybridized carbons (Fsp3) is 0.500. The number of ether oxygens (including phenoxy) is 1. The molecule has 23 heavy (non-hydrogen) atoms. The molecule has 0 radical (unpaired) electrons. The highest BCUT2D eigenvalue weighted by atomic mass is 16.5. The number of rotatable bonds is 4. The van der Waals surface area contributed by atoms with Crippen LogP contribution in [-0.2, 0) is 14.3 Å². The van der Waals surface area contributed by atoms with E-state index in [1.807, 2.05) is 6.92 Å². The summed E-state index contributed by atoms with van der Waals surface area (Å²) in [5.41, 5.74) is 1.86. The van der Waals surface area contributed by atoms with Crippen LogP contribution in [0.1, 0.15) is 48.0 Å². The first-order valence-electron chi connectivity index (χ1n) is 8.09. The van der Waals surface area contributed by atoms with E-state index < -0.39 is 23.7 Å². The van der Waals surface area contributed by atoms with Crippen molar-refractivity contribution in [3.8, 4) is 0 Å². The lowest BCUT2D eigenvalue weighted by Gasteiger charge is -2.28. The van der Waals surface area contributed by atoms with Crippen molar-refractivity contribution in [3.63, 3.8) is 0 Å². The number of carbonyl (C=O) groups is 3. The molecule has 1 fully saturated rings. The minimum absolute atomic E-state index is 0.376. The molecule has 1 aromatic rings. The summed E-state index contributed by atoms with van der Waals surface area (Å²) in [5.74, 6) is -1.22. The number of nitrogens with zero attached hydrogens (tertiary/aromatic N) is 1. The molecule has 5 nitrogen and oxygen atoms in total. The Kier molecular flexibility index (Phi) is 4.20. The summed E-state index contributed by atoms with van der Waals surface area (Å²) in [5, 5.41) is 0. The molecular formula is C18H21NO4. The van der Waals surface area contributed by atoms with Crippen LogP contribution in [-0.4, -0.2) is 30.8 Å². The Morgan fingerprint density at radius 2 is 2.00 bits per heavy atom. The summed E-state index contributed by atoms with van der Waals surface area (Å²) in [6.07, 6.45) is 4.98. The number of hydrogen-bond acceptors (Lipinski definition) is 4. The van der Waals surface area contributed by atoms with Crippen LogP contribution in [0.3, 0.4) is 0 Å². The SMILES string of the molecule is COC(=O)C(CC1CCCC1)N1C(=O)C(=O)c2ccc(C)cc21. The molecule has 1 unspecified atom stereocenters. The monoisotopic (exact) mass is 315 g/mol. The Morgan fingerprint density at radius 3 is 2.65 bits per heavy atom. The molecule has 1 aliphatic carbocycles. The van der Waals surface area contributed by atoms with Crippen molar-refractivity contribution < 1.29 is 19.1 Å². The molecule has 2 aliphatic rings. The number of ketones is 1. The van der Waals surface area contributed by atoms with E-state index in [0.717, 1.165) is 31.2 Å². The first-order chi connectivity index (χ1) is 11.0. The predicted molar refractivity (Wildman–Crippen MR) is 85.4 cm³/mol. The second-order valence-electron chi connectivity index (χ2n) is 6.45. The number of amides is 1. The smallest absolute Gasteiger partial charge is 0.328 e. The van der Waals surface area contributed by atoms with Gasteiger partial charge in [0.05, 0.1) is 18.4 Å². The zero-order valence-corrected chi connectivity index (χ0v) is 13.5. The molecule has 1 amide bonds. The fourth-order valence-electron chi connectivity index (χ4n) is 3.68. The third kappa shape index (κ3) is 2.76. The molecule has 0 saturated heterocycles. The van der Waals surface area contributed by atoms with Gasteiger partial charge < -0.3 is 4.74 Å². The van der Waals surface area contributed by atoms with Gasteiger partial charge >= 0.3 is 5.97 Å². The highest BCUT2D eigenvalue weighted by molar-refractivity contribution is 6.52. The van der Waals surface area contributed by atoms with E-state index in [-0.39, 0.29) is 0 Å². The van der Waals surface area contributed by atoms with E-state index in [1.165, 1.54) is 12.0 Å². The molecule has 1 aromatic carbocycles. The minimum atomic E-state index is -0.720. The predicted octanol–water partition coefficient (Wildman–Crippen LogP) is 2.65. The third-order valence-electron chi connectivity index (χ3n) is 4.89. The second kappa shape index (κ2) is 6.14. The topological polar surface area (TPSA) is 63.7 Å². The van der Waals surface area contributed by atoms with Gasteiger partial charge in [0, 0.05) is 0 Å². The van der Waals surface area contributed by atoms with E-state index >= 15 is 0 Å². The maximum Gasteiger partial charge on any atom is 0.328 e. The molecule has 1 aliphatic heterocycles. The van der Waals surface area contributed by atoms with E-state index in [9.17, 15) is 14.4 Å². The maximum atomic E-state index is 12.5. The van der Waals surface area contributed by atoms with Gasteiger partial charge in [-0.15, -0.1) is 0 Å². The average Bonchev–Trinajstić information content (AvgIpc) is 3.13. The van der Waals surface area contributed by atoms with E-state index in [4.69, 9.17) is 4.74 Å². The van der Waals surface area contributed by atoms with Gasteiger partial charge in [-0.25, -0.2) is 4.79 Å². The Balaban J connectivity index is 1.98. The van der Waals surface area contributed by atoms with Crippen LogP contribution in [0, 0.1) is 12.8 Å². The van der Waals surface area contributed by atoms with Crippen LogP contribution in [0.4, 0.5) is 5.69 Å². The van der Waals surface area contributed by atoms with Crippen LogP contribution in [0.2, 0.25) is 0 Å². The zero-order chi connectivity index (χ0) is 16.6. The Morgan fingerprint density at radius 1 is 1.30 bits per heavy atom. The van der Waals surface area contributed by atoms with Crippen molar-refractivity contribution in [2.75, 3.05) is 12.0 Å². The summed E-state index contributed by atoms with van der Waals surface area (Å²) in [6.45, 7) is 1.90. The van der Waals surface area contributed by atoms with Crippen LogP contribution in [0.15, 0.2) is 18.2 Å². The van der Waals surface area contributed by atoms with Crippen molar-refractivity contribution in [1.82, 2.24) is 0 Å². The summed E-state index contributed by atoms with van der Waals surface area (Å²) in [7, 11) is 1.32. The van der Waals surface area contributed by atoms with Gasteiger partial charge in [0.15, 0.2) is 0 Å². The summed E-state index contributed by atoms with van der Waals surface area (Å²) >= 11 is 0. The van der Waals surface area contributed by atoms with E-state index in [1.54, 1.807) is 18.2 Å². The van der Waals surface area contributed by atoms with Crippen molar-refractivity contribution in [1.29, 1.82) is 0 Å². The third-order valence-corrected chi connectivity index (χ3v) is 4.89. The lowest BCUT2D eigenvalue weighted by atomic mass is 9.97. The molecular weight excluding hydrogens is 294 g/mol. The first-order valence-corrected chi connectivity index (χ1v) is 8.09. The fourth-order valence-corrected chi connectivity index (χ4v) is 3.68. The molecule has 3 rings (SSSR count). The molecule has 1 atom stereocenters. The van der Waals surface area contributed by atoms with Gasteiger partial charge in [-0.3, -0.25) is 14.5 Å². The summed E-state index contributed by atoms with van der Waals surface area (Å²) in [4.78, 5) is 38.4. The number of esters is 1. The Hall–Kier alpha value is -2.17. The molecule has 0 N–H and O–H groups in total. The minimum Gasteiger partial charge on any atom is -0.467 e.